The molecule has 0 bridgehead atoms. The number of fused-ring (bicyclic) bond motifs is 6. The molecule has 2 heterocycles. The van der Waals surface area contributed by atoms with Crippen LogP contribution in [0.25, 0.3) is 0 Å². The summed E-state index contributed by atoms with van der Waals surface area (Å²) in [4.78, 5) is 10.5. The van der Waals surface area contributed by atoms with Gasteiger partial charge in [0.25, 0.3) is 0 Å². The fourth-order valence-electron chi connectivity index (χ4n) is 6.52. The van der Waals surface area contributed by atoms with Gasteiger partial charge in [-0.1, -0.05) is 74.2 Å². The summed E-state index contributed by atoms with van der Waals surface area (Å²) in [6, 6.07) is 17.6. The minimum atomic E-state index is -0.283. The minimum absolute atomic E-state index is 0.133. The molecule has 31 heavy (non-hydrogen) atoms. The van der Waals surface area contributed by atoms with Gasteiger partial charge in [0, 0.05) is 12.8 Å². The number of ether oxygens (including phenoxy) is 2. The molecule has 5 aliphatic rings. The van der Waals surface area contributed by atoms with Crippen molar-refractivity contribution in [2.24, 2.45) is 15.4 Å². The first kappa shape index (κ1) is 18.0. The molecule has 3 aliphatic carbocycles. The summed E-state index contributed by atoms with van der Waals surface area (Å²) in [5, 5.41) is 0. The summed E-state index contributed by atoms with van der Waals surface area (Å²) in [7, 11) is 0. The van der Waals surface area contributed by atoms with Gasteiger partial charge >= 0.3 is 0 Å². The largest absolute Gasteiger partial charge is 0.474 e. The van der Waals surface area contributed by atoms with Crippen molar-refractivity contribution in [3.05, 3.63) is 70.8 Å². The molecule has 2 aliphatic heterocycles. The third-order valence-electron chi connectivity index (χ3n) is 8.11. The molecule has 0 amide bonds. The SMILES string of the molecule is c1ccc2c(c1)CC1OC(C3(C4=NC5c6ccccc6CC5O4)CCCCCC3)=NC21. The first-order valence-corrected chi connectivity index (χ1v) is 12.0. The summed E-state index contributed by atoms with van der Waals surface area (Å²) >= 11 is 0. The van der Waals surface area contributed by atoms with Gasteiger partial charge < -0.3 is 9.47 Å². The van der Waals surface area contributed by atoms with E-state index in [1.165, 1.54) is 47.9 Å². The molecule has 1 saturated carbocycles. The topological polar surface area (TPSA) is 43.2 Å². The highest BCUT2D eigenvalue weighted by atomic mass is 16.5. The molecule has 0 saturated heterocycles. The molecule has 0 aromatic heterocycles. The molecule has 0 N–H and O–H groups in total. The van der Waals surface area contributed by atoms with Crippen LogP contribution in [0, 0.1) is 5.41 Å². The van der Waals surface area contributed by atoms with E-state index < -0.39 is 0 Å². The predicted molar refractivity (Wildman–Crippen MR) is 121 cm³/mol. The second-order valence-electron chi connectivity index (χ2n) is 9.87. The molecule has 2 aromatic rings. The van der Waals surface area contributed by atoms with Crippen LogP contribution < -0.4 is 0 Å². The molecule has 2 aromatic carbocycles. The average Bonchev–Trinajstić information content (AvgIpc) is 3.50. The van der Waals surface area contributed by atoms with Crippen molar-refractivity contribution in [2.75, 3.05) is 0 Å². The van der Waals surface area contributed by atoms with Gasteiger partial charge in [-0.2, -0.15) is 0 Å². The summed E-state index contributed by atoms with van der Waals surface area (Å²) in [6.07, 6.45) is 9.15. The first-order chi connectivity index (χ1) is 15.3. The summed E-state index contributed by atoms with van der Waals surface area (Å²) in [5.41, 5.74) is 5.17. The average molecular weight is 413 g/mol. The van der Waals surface area contributed by atoms with Crippen LogP contribution in [0.5, 0.6) is 0 Å². The van der Waals surface area contributed by atoms with Crippen LogP contribution in [0.1, 0.15) is 72.9 Å². The smallest absolute Gasteiger partial charge is 0.200 e. The van der Waals surface area contributed by atoms with E-state index in [2.05, 4.69) is 48.5 Å². The molecule has 4 heteroatoms. The molecule has 1 fully saturated rings. The lowest BCUT2D eigenvalue weighted by molar-refractivity contribution is 0.157. The number of nitrogens with zero attached hydrogens (tertiary/aromatic N) is 2. The molecule has 0 radical (unpaired) electrons. The Kier molecular flexibility index (Phi) is 3.88. The quantitative estimate of drug-likeness (QED) is 0.610. The van der Waals surface area contributed by atoms with Crippen molar-refractivity contribution in [3.8, 4) is 0 Å². The van der Waals surface area contributed by atoms with Crippen molar-refractivity contribution < 1.29 is 9.47 Å². The van der Waals surface area contributed by atoms with Crippen LogP contribution in [-0.4, -0.2) is 24.0 Å². The lowest BCUT2D eigenvalue weighted by atomic mass is 9.79. The molecule has 4 unspecified atom stereocenters. The maximum absolute atomic E-state index is 6.66. The lowest BCUT2D eigenvalue weighted by Gasteiger charge is -2.32. The zero-order chi connectivity index (χ0) is 20.4. The van der Waals surface area contributed by atoms with Crippen molar-refractivity contribution >= 4 is 11.8 Å². The van der Waals surface area contributed by atoms with Gasteiger partial charge in [0.2, 0.25) is 0 Å². The highest BCUT2D eigenvalue weighted by molar-refractivity contribution is 6.06. The van der Waals surface area contributed by atoms with E-state index in [1.807, 2.05) is 0 Å². The van der Waals surface area contributed by atoms with Crippen LogP contribution in [-0.2, 0) is 22.3 Å². The molecular weight excluding hydrogens is 384 g/mol. The third kappa shape index (κ3) is 2.60. The van der Waals surface area contributed by atoms with Crippen LogP contribution in [0.2, 0.25) is 0 Å². The Bertz CT molecular complexity index is 1020. The second kappa shape index (κ2) is 6.69. The van der Waals surface area contributed by atoms with Crippen molar-refractivity contribution in [3.63, 3.8) is 0 Å². The van der Waals surface area contributed by atoms with Gasteiger partial charge in [0.15, 0.2) is 11.8 Å². The summed E-state index contributed by atoms with van der Waals surface area (Å²) in [6.45, 7) is 0. The Morgan fingerprint density at radius 1 is 0.645 bits per heavy atom. The summed E-state index contributed by atoms with van der Waals surface area (Å²) < 4.78 is 13.3. The normalized spacial score (nSPS) is 32.0. The van der Waals surface area contributed by atoms with E-state index in [-0.39, 0.29) is 29.7 Å². The Hall–Kier alpha value is -2.62. The predicted octanol–water partition coefficient (Wildman–Crippen LogP) is 5.52. The van der Waals surface area contributed by atoms with Crippen LogP contribution in [0.15, 0.2) is 58.5 Å². The Morgan fingerprint density at radius 2 is 1.13 bits per heavy atom. The lowest BCUT2D eigenvalue weighted by Crippen LogP contribution is -2.41. The monoisotopic (exact) mass is 412 g/mol. The maximum atomic E-state index is 6.66. The van der Waals surface area contributed by atoms with Gasteiger partial charge in [-0.25, -0.2) is 9.98 Å². The number of benzene rings is 2. The minimum Gasteiger partial charge on any atom is -0.474 e. The van der Waals surface area contributed by atoms with Gasteiger partial charge in [-0.05, 0) is 35.1 Å². The maximum Gasteiger partial charge on any atom is 0.200 e. The Balaban J connectivity index is 1.29. The summed E-state index contributed by atoms with van der Waals surface area (Å²) in [5.74, 6) is 1.82. The highest BCUT2D eigenvalue weighted by Crippen LogP contribution is 2.50. The van der Waals surface area contributed by atoms with Crippen LogP contribution >= 0.6 is 0 Å². The standard InChI is InChI=1S/C27H28N2O2/c1-2-8-14-27(13-7-1,25-28-23-19-11-5-3-9-17(19)15-21(23)30-25)26-29-24-20-12-6-4-10-18(20)16-22(24)31-26/h3-6,9-12,21-24H,1-2,7-8,13-16H2. The molecule has 158 valence electrons. The van der Waals surface area contributed by atoms with E-state index in [4.69, 9.17) is 19.5 Å². The van der Waals surface area contributed by atoms with E-state index in [0.29, 0.717) is 0 Å². The van der Waals surface area contributed by atoms with E-state index in [9.17, 15) is 0 Å². The zero-order valence-corrected chi connectivity index (χ0v) is 17.8. The number of hydrogen-bond acceptors (Lipinski definition) is 4. The van der Waals surface area contributed by atoms with Gasteiger partial charge in [-0.15, -0.1) is 0 Å². The second-order valence-corrected chi connectivity index (χ2v) is 9.87. The Morgan fingerprint density at radius 3 is 1.65 bits per heavy atom. The first-order valence-electron chi connectivity index (χ1n) is 12.0. The van der Waals surface area contributed by atoms with E-state index >= 15 is 0 Å². The molecular formula is C27H28N2O2. The number of aliphatic imine (C=N–C) groups is 2. The van der Waals surface area contributed by atoms with E-state index in [0.717, 1.165) is 37.5 Å². The van der Waals surface area contributed by atoms with Crippen LogP contribution in [0.4, 0.5) is 0 Å². The van der Waals surface area contributed by atoms with Crippen molar-refractivity contribution in [1.29, 1.82) is 0 Å². The fraction of sp³-hybridized carbons (Fsp3) is 0.481. The van der Waals surface area contributed by atoms with Crippen molar-refractivity contribution in [1.82, 2.24) is 0 Å². The van der Waals surface area contributed by atoms with Gasteiger partial charge in [-0.3, -0.25) is 0 Å². The van der Waals surface area contributed by atoms with E-state index in [1.54, 1.807) is 0 Å². The molecule has 4 atom stereocenters. The fourth-order valence-corrected chi connectivity index (χ4v) is 6.52. The third-order valence-corrected chi connectivity index (χ3v) is 8.11. The molecule has 7 rings (SSSR count). The Labute approximate surface area is 183 Å². The van der Waals surface area contributed by atoms with Crippen molar-refractivity contribution in [2.45, 2.75) is 75.7 Å². The molecule has 4 nitrogen and oxygen atoms in total. The number of rotatable bonds is 2. The number of hydrogen-bond donors (Lipinski definition) is 0. The van der Waals surface area contributed by atoms with Gasteiger partial charge in [0.05, 0.1) is 0 Å². The zero-order valence-electron chi connectivity index (χ0n) is 17.8. The van der Waals surface area contributed by atoms with Crippen LogP contribution in [0.3, 0.4) is 0 Å². The molecule has 0 spiro atoms. The van der Waals surface area contributed by atoms with Gasteiger partial charge in [0.1, 0.15) is 29.7 Å². The highest BCUT2D eigenvalue weighted by Gasteiger charge is 2.54.